The van der Waals surface area contributed by atoms with E-state index in [1.807, 2.05) is 20.0 Å². The predicted octanol–water partition coefficient (Wildman–Crippen LogP) is 0.985. The molecular weight excluding hydrogens is 330 g/mol. The van der Waals surface area contributed by atoms with Crippen LogP contribution in [0.3, 0.4) is 0 Å². The van der Waals surface area contributed by atoms with Gasteiger partial charge in [0, 0.05) is 42.8 Å². The second-order valence-corrected chi connectivity index (χ2v) is 6.76. The molecule has 0 fully saturated rings. The molecule has 0 aliphatic carbocycles. The van der Waals surface area contributed by atoms with Crippen molar-refractivity contribution in [3.05, 3.63) is 56.0 Å². The third-order valence-corrected chi connectivity index (χ3v) is 4.99. The molecule has 0 aromatic carbocycles. The number of carbonyl (C=O) groups is 1. The molecule has 7 heteroatoms. The average Bonchev–Trinajstić information content (AvgIpc) is 2.60. The van der Waals surface area contributed by atoms with E-state index in [2.05, 4.69) is 25.6 Å². The number of fused-ring (bicyclic) bond motifs is 1. The first-order valence-electron chi connectivity index (χ1n) is 8.95. The molecule has 3 N–H and O–H groups in total. The van der Waals surface area contributed by atoms with E-state index in [4.69, 9.17) is 0 Å². The number of carbonyl (C=O) groups excluding carboxylic acids is 1. The molecule has 0 spiro atoms. The van der Waals surface area contributed by atoms with Crippen LogP contribution in [0.15, 0.2) is 11.0 Å². The minimum Gasteiger partial charge on any atom is -0.352 e. The minimum absolute atomic E-state index is 0.0130. The maximum absolute atomic E-state index is 12.3. The molecule has 7 nitrogen and oxygen atoms in total. The molecule has 0 unspecified atom stereocenters. The number of hydrogen-bond acceptors (Lipinski definition) is 5. The van der Waals surface area contributed by atoms with Crippen LogP contribution in [0.4, 0.5) is 0 Å². The zero-order valence-electron chi connectivity index (χ0n) is 15.5. The Bertz CT molecular complexity index is 862. The number of aromatic amines is 1. The zero-order valence-corrected chi connectivity index (χ0v) is 15.5. The summed E-state index contributed by atoms with van der Waals surface area (Å²) in [4.78, 5) is 34.7. The lowest BCUT2D eigenvalue weighted by Crippen LogP contribution is -2.29. The van der Waals surface area contributed by atoms with E-state index in [9.17, 15) is 9.59 Å². The van der Waals surface area contributed by atoms with Gasteiger partial charge in [0.2, 0.25) is 5.91 Å². The van der Waals surface area contributed by atoms with Crippen LogP contribution in [0.1, 0.15) is 45.8 Å². The van der Waals surface area contributed by atoms with Gasteiger partial charge in [0.1, 0.15) is 0 Å². The number of rotatable bonds is 5. The van der Waals surface area contributed by atoms with Crippen molar-refractivity contribution < 1.29 is 4.79 Å². The van der Waals surface area contributed by atoms with Gasteiger partial charge in [-0.3, -0.25) is 9.78 Å². The predicted molar refractivity (Wildman–Crippen MR) is 98.9 cm³/mol. The quantitative estimate of drug-likeness (QED) is 0.743. The lowest BCUT2D eigenvalue weighted by molar-refractivity contribution is -0.121. The normalized spacial score (nSPS) is 13.3. The first-order chi connectivity index (χ1) is 12.5. The van der Waals surface area contributed by atoms with Crippen LogP contribution in [-0.2, 0) is 30.7 Å². The summed E-state index contributed by atoms with van der Waals surface area (Å²) in [6.07, 6.45) is 3.81. The summed E-state index contributed by atoms with van der Waals surface area (Å²) in [6.45, 7) is 7.92. The Morgan fingerprint density at radius 1 is 1.23 bits per heavy atom. The number of aryl methyl sites for hydroxylation is 3. The Labute approximate surface area is 152 Å². The van der Waals surface area contributed by atoms with E-state index in [-0.39, 0.29) is 11.6 Å². The van der Waals surface area contributed by atoms with E-state index in [1.54, 1.807) is 6.92 Å². The van der Waals surface area contributed by atoms with Crippen LogP contribution in [-0.4, -0.2) is 27.4 Å². The highest BCUT2D eigenvalue weighted by Crippen LogP contribution is 2.20. The van der Waals surface area contributed by atoms with Gasteiger partial charge in [-0.05, 0) is 62.4 Å². The monoisotopic (exact) mass is 355 g/mol. The van der Waals surface area contributed by atoms with Crippen molar-refractivity contribution >= 4 is 5.91 Å². The first-order valence-corrected chi connectivity index (χ1v) is 8.95. The van der Waals surface area contributed by atoms with Crippen LogP contribution in [0.5, 0.6) is 0 Å². The zero-order chi connectivity index (χ0) is 18.7. The highest BCUT2D eigenvalue weighted by atomic mass is 16.1. The van der Waals surface area contributed by atoms with Crippen LogP contribution < -0.4 is 16.3 Å². The summed E-state index contributed by atoms with van der Waals surface area (Å²) in [7, 11) is 0. The summed E-state index contributed by atoms with van der Waals surface area (Å²) >= 11 is 0. The fourth-order valence-electron chi connectivity index (χ4n) is 3.51. The molecule has 0 atom stereocenters. The van der Waals surface area contributed by atoms with Gasteiger partial charge in [-0.2, -0.15) is 4.98 Å². The maximum Gasteiger partial charge on any atom is 0.345 e. The van der Waals surface area contributed by atoms with Gasteiger partial charge in [-0.15, -0.1) is 0 Å². The lowest BCUT2D eigenvalue weighted by atomic mass is 9.96. The van der Waals surface area contributed by atoms with Crippen LogP contribution in [0, 0.1) is 20.8 Å². The second-order valence-electron chi connectivity index (χ2n) is 6.76. The van der Waals surface area contributed by atoms with E-state index in [0.717, 1.165) is 42.0 Å². The van der Waals surface area contributed by atoms with Crippen molar-refractivity contribution in [2.75, 3.05) is 6.54 Å². The molecule has 1 amide bonds. The van der Waals surface area contributed by atoms with E-state index in [1.165, 1.54) is 11.1 Å². The number of H-pyrrole nitrogens is 1. The molecule has 1 aliphatic heterocycles. The Balaban J connectivity index is 1.63. The topological polar surface area (TPSA) is 99.8 Å². The second kappa shape index (κ2) is 7.78. The van der Waals surface area contributed by atoms with Gasteiger partial charge < -0.3 is 15.6 Å². The number of amides is 1. The molecule has 0 saturated carbocycles. The van der Waals surface area contributed by atoms with E-state index < -0.39 is 0 Å². The van der Waals surface area contributed by atoms with Gasteiger partial charge in [-0.1, -0.05) is 0 Å². The maximum atomic E-state index is 12.3. The van der Waals surface area contributed by atoms with Crippen LogP contribution in [0.25, 0.3) is 0 Å². The first kappa shape index (κ1) is 18.3. The minimum atomic E-state index is -0.348. The molecule has 2 aromatic heterocycles. The number of hydrogen-bond donors (Lipinski definition) is 3. The van der Waals surface area contributed by atoms with Crippen molar-refractivity contribution in [1.82, 2.24) is 25.6 Å². The van der Waals surface area contributed by atoms with Gasteiger partial charge >= 0.3 is 5.69 Å². The third kappa shape index (κ3) is 3.99. The van der Waals surface area contributed by atoms with Crippen molar-refractivity contribution in [3.63, 3.8) is 0 Å². The van der Waals surface area contributed by atoms with E-state index in [0.29, 0.717) is 25.1 Å². The molecule has 1 aliphatic rings. The fourth-order valence-corrected chi connectivity index (χ4v) is 3.51. The summed E-state index contributed by atoms with van der Waals surface area (Å²) in [5, 5.41) is 6.37. The fraction of sp³-hybridized carbons (Fsp3) is 0.474. The SMILES string of the molecule is Cc1nc(=O)[nH]c(C)c1CCC(=O)NCc1c(C)ncc2c1CCNC2. The molecule has 3 rings (SSSR count). The highest BCUT2D eigenvalue weighted by Gasteiger charge is 2.16. The number of aromatic nitrogens is 3. The molecular formula is C19H25N5O2. The molecule has 2 aromatic rings. The third-order valence-electron chi connectivity index (χ3n) is 4.99. The molecule has 0 radical (unpaired) electrons. The smallest absolute Gasteiger partial charge is 0.345 e. The molecule has 138 valence electrons. The summed E-state index contributed by atoms with van der Waals surface area (Å²) in [5.74, 6) is -0.0130. The number of nitrogens with one attached hydrogen (secondary N) is 3. The summed E-state index contributed by atoms with van der Waals surface area (Å²) < 4.78 is 0. The largest absolute Gasteiger partial charge is 0.352 e. The highest BCUT2D eigenvalue weighted by molar-refractivity contribution is 5.76. The Kier molecular flexibility index (Phi) is 5.46. The van der Waals surface area contributed by atoms with Gasteiger partial charge in [0.05, 0.1) is 0 Å². The Hall–Kier alpha value is -2.54. The number of nitrogens with zero attached hydrogens (tertiary/aromatic N) is 2. The molecule has 3 heterocycles. The van der Waals surface area contributed by atoms with Gasteiger partial charge in [0.15, 0.2) is 0 Å². The van der Waals surface area contributed by atoms with Crippen molar-refractivity contribution in [2.24, 2.45) is 0 Å². The number of pyridine rings is 1. The Morgan fingerprint density at radius 2 is 2.04 bits per heavy atom. The Morgan fingerprint density at radius 3 is 2.81 bits per heavy atom. The summed E-state index contributed by atoms with van der Waals surface area (Å²) in [6, 6.07) is 0. The molecule has 26 heavy (non-hydrogen) atoms. The molecule has 0 saturated heterocycles. The van der Waals surface area contributed by atoms with Crippen LogP contribution >= 0.6 is 0 Å². The molecule has 0 bridgehead atoms. The van der Waals surface area contributed by atoms with Crippen molar-refractivity contribution in [3.8, 4) is 0 Å². The standard InChI is InChI=1S/C19H25N5O2/c1-11-17(16-6-7-20-8-14(16)9-21-11)10-22-18(25)5-4-15-12(2)23-19(26)24-13(15)3/h9,20H,4-8,10H2,1-3H3,(H,22,25)(H,23,24,26). The lowest BCUT2D eigenvalue weighted by Gasteiger charge is -2.21. The summed E-state index contributed by atoms with van der Waals surface area (Å²) in [5.41, 5.74) is 6.69. The van der Waals surface area contributed by atoms with Gasteiger partial charge in [-0.25, -0.2) is 4.79 Å². The van der Waals surface area contributed by atoms with E-state index >= 15 is 0 Å². The average molecular weight is 355 g/mol. The van der Waals surface area contributed by atoms with Crippen LogP contribution in [0.2, 0.25) is 0 Å². The van der Waals surface area contributed by atoms with Crippen molar-refractivity contribution in [2.45, 2.75) is 53.1 Å². The van der Waals surface area contributed by atoms with Crippen molar-refractivity contribution in [1.29, 1.82) is 0 Å². The van der Waals surface area contributed by atoms with Gasteiger partial charge in [0.25, 0.3) is 0 Å².